The van der Waals surface area contributed by atoms with Gasteiger partial charge in [-0.1, -0.05) is 77.6 Å². The average Bonchev–Trinajstić information content (AvgIpc) is 2.63. The molecule has 0 spiro atoms. The van der Waals surface area contributed by atoms with Gasteiger partial charge in [-0.3, -0.25) is 0 Å². The van der Waals surface area contributed by atoms with Crippen molar-refractivity contribution < 1.29 is 12.9 Å². The van der Waals surface area contributed by atoms with Crippen LogP contribution in [0, 0.1) is 0 Å². The van der Waals surface area contributed by atoms with Gasteiger partial charge in [-0.2, -0.15) is 4.31 Å². The molecule has 5 heteroatoms. The van der Waals surface area contributed by atoms with Crippen molar-refractivity contribution >= 4 is 10.0 Å². The quantitative estimate of drug-likeness (QED) is 0.298. The van der Waals surface area contributed by atoms with Crippen molar-refractivity contribution in [3.63, 3.8) is 0 Å². The number of nitrogens with zero attached hydrogens (tertiary/aromatic N) is 2. The highest BCUT2D eigenvalue weighted by atomic mass is 32.2. The second-order valence-electron chi connectivity index (χ2n) is 8.49. The third-order valence-electron chi connectivity index (χ3n) is 6.19. The van der Waals surface area contributed by atoms with Crippen molar-refractivity contribution in [3.05, 3.63) is 0 Å². The van der Waals surface area contributed by atoms with Crippen LogP contribution >= 0.6 is 0 Å². The molecule has 0 unspecified atom stereocenters. The van der Waals surface area contributed by atoms with Crippen LogP contribution < -0.4 is 0 Å². The summed E-state index contributed by atoms with van der Waals surface area (Å²) in [5.74, 6) is 0.347. The standard InChI is InChI=1S/C21H45N2O2S/c1-4-6-7-8-9-10-11-12-13-14-15-16-21-26(24,25)22-17-19-23(3,5-2)20-18-22/h4-21H2,1-3H3/q+1. The molecule has 156 valence electrons. The number of hydrogen-bond donors (Lipinski definition) is 0. The maximum absolute atomic E-state index is 12.5. The van der Waals surface area contributed by atoms with E-state index in [-0.39, 0.29) is 0 Å². The van der Waals surface area contributed by atoms with Gasteiger partial charge < -0.3 is 4.48 Å². The minimum Gasteiger partial charge on any atom is -0.324 e. The Morgan fingerprint density at radius 1 is 0.731 bits per heavy atom. The van der Waals surface area contributed by atoms with E-state index in [1.165, 1.54) is 64.2 Å². The Labute approximate surface area is 164 Å². The molecule has 1 heterocycles. The van der Waals surface area contributed by atoms with Crippen molar-refractivity contribution in [2.75, 3.05) is 45.5 Å². The third kappa shape index (κ3) is 9.70. The Balaban J connectivity index is 2.00. The molecule has 0 atom stereocenters. The first-order chi connectivity index (χ1) is 12.4. The smallest absolute Gasteiger partial charge is 0.214 e. The number of piperazine rings is 1. The van der Waals surface area contributed by atoms with E-state index in [1.807, 2.05) is 0 Å². The average molecular weight is 390 g/mol. The summed E-state index contributed by atoms with van der Waals surface area (Å²) in [4.78, 5) is 0. The summed E-state index contributed by atoms with van der Waals surface area (Å²) >= 11 is 0. The van der Waals surface area contributed by atoms with Crippen molar-refractivity contribution in [3.8, 4) is 0 Å². The van der Waals surface area contributed by atoms with Crippen LogP contribution in [0.2, 0.25) is 0 Å². The van der Waals surface area contributed by atoms with Crippen molar-refractivity contribution in [2.45, 2.75) is 90.9 Å². The van der Waals surface area contributed by atoms with Gasteiger partial charge in [-0.15, -0.1) is 0 Å². The highest BCUT2D eigenvalue weighted by Crippen LogP contribution is 2.16. The Hall–Kier alpha value is -0.130. The third-order valence-corrected chi connectivity index (χ3v) is 8.15. The SMILES string of the molecule is CCCCCCCCCCCCCCS(=O)(=O)N1CC[N+](C)(CC)CC1. The Kier molecular flexibility index (Phi) is 12.1. The number of hydrogen-bond acceptors (Lipinski definition) is 2. The lowest BCUT2D eigenvalue weighted by Crippen LogP contribution is -2.58. The van der Waals surface area contributed by atoms with Gasteiger partial charge in [0.05, 0.1) is 45.5 Å². The van der Waals surface area contributed by atoms with Gasteiger partial charge in [0.25, 0.3) is 0 Å². The van der Waals surface area contributed by atoms with Gasteiger partial charge in [0.2, 0.25) is 10.0 Å². The van der Waals surface area contributed by atoms with Crippen molar-refractivity contribution in [1.29, 1.82) is 0 Å². The summed E-state index contributed by atoms with van der Waals surface area (Å²) in [7, 11) is -0.800. The predicted octanol–water partition coefficient (Wildman–Crippen LogP) is 4.80. The summed E-state index contributed by atoms with van der Waals surface area (Å²) in [5.41, 5.74) is 0. The van der Waals surface area contributed by atoms with Gasteiger partial charge in [-0.25, -0.2) is 8.42 Å². The molecule has 0 radical (unpaired) electrons. The summed E-state index contributed by atoms with van der Waals surface area (Å²) in [5, 5.41) is 0. The van der Waals surface area contributed by atoms with Crippen LogP contribution in [0.15, 0.2) is 0 Å². The van der Waals surface area contributed by atoms with Crippen LogP contribution in [0.1, 0.15) is 90.9 Å². The molecule has 0 N–H and O–H groups in total. The molecule has 0 aromatic heterocycles. The fourth-order valence-electron chi connectivity index (χ4n) is 3.78. The van der Waals surface area contributed by atoms with Crippen LogP contribution in [0.3, 0.4) is 0 Å². The van der Waals surface area contributed by atoms with Crippen LogP contribution in [0.5, 0.6) is 0 Å². The molecular weight excluding hydrogens is 344 g/mol. The number of sulfonamides is 1. The molecule has 1 aliphatic heterocycles. The molecule has 1 saturated heterocycles. The first-order valence-electron chi connectivity index (χ1n) is 11.2. The van der Waals surface area contributed by atoms with Gasteiger partial charge in [0.1, 0.15) is 0 Å². The molecule has 1 rings (SSSR count). The maximum Gasteiger partial charge on any atom is 0.214 e. The molecule has 0 amide bonds. The number of likely N-dealkylation sites (N-methyl/N-ethyl adjacent to an activating group) is 1. The van der Waals surface area contributed by atoms with Crippen LogP contribution in [0.4, 0.5) is 0 Å². The van der Waals surface area contributed by atoms with Crippen LogP contribution in [-0.2, 0) is 10.0 Å². The van der Waals surface area contributed by atoms with Gasteiger partial charge >= 0.3 is 0 Å². The highest BCUT2D eigenvalue weighted by molar-refractivity contribution is 7.89. The monoisotopic (exact) mass is 389 g/mol. The van der Waals surface area contributed by atoms with Gasteiger partial charge in [0, 0.05) is 0 Å². The van der Waals surface area contributed by atoms with Crippen molar-refractivity contribution in [2.24, 2.45) is 0 Å². The van der Waals surface area contributed by atoms with E-state index >= 15 is 0 Å². The van der Waals surface area contributed by atoms with E-state index in [2.05, 4.69) is 20.9 Å². The Morgan fingerprint density at radius 2 is 1.15 bits per heavy atom. The van der Waals surface area contributed by atoms with Crippen LogP contribution in [-0.4, -0.2) is 62.7 Å². The fourth-order valence-corrected chi connectivity index (χ4v) is 5.33. The minimum absolute atomic E-state index is 0.347. The zero-order valence-electron chi connectivity index (χ0n) is 17.8. The molecule has 26 heavy (non-hydrogen) atoms. The normalized spacial score (nSPS) is 18.3. The Morgan fingerprint density at radius 3 is 1.58 bits per heavy atom. The molecular formula is C21H45N2O2S+. The van der Waals surface area contributed by atoms with Gasteiger partial charge in [0.15, 0.2) is 0 Å². The first-order valence-corrected chi connectivity index (χ1v) is 12.9. The lowest BCUT2D eigenvalue weighted by atomic mass is 10.1. The molecule has 0 aliphatic carbocycles. The Bertz CT molecular complexity index is 443. The van der Waals surface area contributed by atoms with Crippen molar-refractivity contribution in [1.82, 2.24) is 4.31 Å². The first kappa shape index (κ1) is 23.9. The predicted molar refractivity (Wildman–Crippen MR) is 113 cm³/mol. The highest BCUT2D eigenvalue weighted by Gasteiger charge is 2.32. The van der Waals surface area contributed by atoms with E-state index < -0.39 is 10.0 Å². The zero-order valence-corrected chi connectivity index (χ0v) is 18.7. The molecule has 0 saturated carbocycles. The maximum atomic E-state index is 12.5. The topological polar surface area (TPSA) is 37.4 Å². The second-order valence-corrected chi connectivity index (χ2v) is 10.6. The molecule has 0 aromatic carbocycles. The number of rotatable bonds is 15. The molecule has 0 aromatic rings. The lowest BCUT2D eigenvalue weighted by molar-refractivity contribution is -0.911. The van der Waals surface area contributed by atoms with E-state index in [0.29, 0.717) is 18.8 Å². The lowest BCUT2D eigenvalue weighted by Gasteiger charge is -2.40. The van der Waals surface area contributed by atoms with Gasteiger partial charge in [-0.05, 0) is 13.3 Å². The van der Waals surface area contributed by atoms with E-state index in [4.69, 9.17) is 0 Å². The largest absolute Gasteiger partial charge is 0.324 e. The summed E-state index contributed by atoms with van der Waals surface area (Å²) < 4.78 is 27.7. The minimum atomic E-state index is -3.03. The molecule has 1 aliphatic rings. The van der Waals surface area contributed by atoms with Crippen LogP contribution in [0.25, 0.3) is 0 Å². The molecule has 0 bridgehead atoms. The summed E-state index contributed by atoms with van der Waals surface area (Å²) in [6.07, 6.45) is 15.3. The summed E-state index contributed by atoms with van der Waals surface area (Å²) in [6.45, 7) is 8.85. The zero-order chi connectivity index (χ0) is 19.3. The summed E-state index contributed by atoms with van der Waals surface area (Å²) in [6, 6.07) is 0. The molecule has 4 nitrogen and oxygen atoms in total. The van der Waals surface area contributed by atoms with E-state index in [0.717, 1.165) is 37.0 Å². The number of unbranched alkanes of at least 4 members (excludes halogenated alkanes) is 11. The number of quaternary nitrogens is 1. The fraction of sp³-hybridized carbons (Fsp3) is 1.00. The van der Waals surface area contributed by atoms with E-state index in [9.17, 15) is 8.42 Å². The molecule has 1 fully saturated rings. The second kappa shape index (κ2) is 13.1. The van der Waals surface area contributed by atoms with E-state index in [1.54, 1.807) is 4.31 Å².